The number of nitrogens with one attached hydrogen (secondary N) is 2. The second kappa shape index (κ2) is 16.2. The number of carbonyl (C=O) groups excluding carboxylic acids is 4. The summed E-state index contributed by atoms with van der Waals surface area (Å²) >= 11 is 12.2. The molecular formula is C40H38Cl2F2N4O6. The number of hydrogen-bond acceptors (Lipinski definition) is 8. The van der Waals surface area contributed by atoms with E-state index in [4.69, 9.17) is 32.7 Å². The second-order valence-corrected chi connectivity index (χ2v) is 15.1. The number of para-hydroxylation sites is 2. The Hall–Kier alpha value is -4.88. The molecule has 2 saturated heterocycles. The molecular weight excluding hydrogens is 741 g/mol. The van der Waals surface area contributed by atoms with Crippen molar-refractivity contribution in [1.29, 1.82) is 0 Å². The minimum absolute atomic E-state index is 0.0800. The van der Waals surface area contributed by atoms with Crippen molar-refractivity contribution < 1.29 is 37.4 Å². The van der Waals surface area contributed by atoms with Crippen LogP contribution >= 0.6 is 23.2 Å². The molecule has 6 rings (SSSR count). The molecule has 2 aliphatic rings. The molecule has 2 aliphatic heterocycles. The largest absolute Gasteiger partial charge is 0.426 e. The SMILES string of the molecule is C[C@@]1(CN(C(=O)OC(=O)C(=O)OC(=O)N(C[C@]2(C)CCNC2)c2ccccc2-c2ccc(F)c(Cl)c2)c2ccccc2-c2ccc(F)c(Cl)c2)CCNC1. The van der Waals surface area contributed by atoms with Gasteiger partial charge in [-0.3, -0.25) is 9.80 Å². The van der Waals surface area contributed by atoms with Gasteiger partial charge in [0.2, 0.25) is 0 Å². The minimum Gasteiger partial charge on any atom is -0.367 e. The summed E-state index contributed by atoms with van der Waals surface area (Å²) in [5, 5.41) is 6.30. The van der Waals surface area contributed by atoms with Crippen LogP contribution in [0.15, 0.2) is 84.9 Å². The Balaban J connectivity index is 1.26. The average Bonchev–Trinajstić information content (AvgIpc) is 3.80. The fraction of sp³-hybridized carbons (Fsp3) is 0.300. The molecule has 282 valence electrons. The maximum absolute atomic E-state index is 14.1. The second-order valence-electron chi connectivity index (χ2n) is 14.3. The first-order valence-electron chi connectivity index (χ1n) is 17.3. The molecule has 0 aromatic heterocycles. The third-order valence-electron chi connectivity index (χ3n) is 9.81. The summed E-state index contributed by atoms with van der Waals surface area (Å²) < 4.78 is 38.4. The van der Waals surface area contributed by atoms with Gasteiger partial charge < -0.3 is 20.1 Å². The van der Waals surface area contributed by atoms with Crippen LogP contribution in [0.25, 0.3) is 22.3 Å². The minimum atomic E-state index is -1.71. The van der Waals surface area contributed by atoms with Gasteiger partial charge >= 0.3 is 24.1 Å². The summed E-state index contributed by atoms with van der Waals surface area (Å²) in [6.07, 6.45) is -0.972. The zero-order chi connectivity index (χ0) is 38.6. The van der Waals surface area contributed by atoms with Crippen molar-refractivity contribution in [2.75, 3.05) is 49.1 Å². The van der Waals surface area contributed by atoms with Gasteiger partial charge in [-0.15, -0.1) is 0 Å². The Kier molecular flexibility index (Phi) is 11.7. The van der Waals surface area contributed by atoms with Gasteiger partial charge in [0.25, 0.3) is 0 Å². The van der Waals surface area contributed by atoms with E-state index in [1.54, 1.807) is 48.5 Å². The van der Waals surface area contributed by atoms with Crippen molar-refractivity contribution in [3.8, 4) is 22.3 Å². The van der Waals surface area contributed by atoms with Crippen LogP contribution in [0.4, 0.5) is 29.7 Å². The number of anilines is 2. The number of esters is 2. The zero-order valence-corrected chi connectivity index (χ0v) is 31.1. The molecule has 2 heterocycles. The molecule has 4 aromatic rings. The maximum atomic E-state index is 14.1. The van der Waals surface area contributed by atoms with E-state index in [1.165, 1.54) is 46.2 Å². The van der Waals surface area contributed by atoms with Crippen molar-refractivity contribution >= 4 is 58.7 Å². The predicted octanol–water partition coefficient (Wildman–Crippen LogP) is 8.24. The van der Waals surface area contributed by atoms with Crippen molar-refractivity contribution in [1.82, 2.24) is 10.6 Å². The monoisotopic (exact) mass is 778 g/mol. The first kappa shape index (κ1) is 38.8. The van der Waals surface area contributed by atoms with Crippen LogP contribution in [-0.4, -0.2) is 63.4 Å². The van der Waals surface area contributed by atoms with Crippen molar-refractivity contribution in [3.63, 3.8) is 0 Å². The molecule has 54 heavy (non-hydrogen) atoms. The lowest BCUT2D eigenvalue weighted by Crippen LogP contribution is -2.45. The lowest BCUT2D eigenvalue weighted by atomic mass is 9.88. The highest BCUT2D eigenvalue weighted by molar-refractivity contribution is 6.34. The van der Waals surface area contributed by atoms with Gasteiger partial charge in [-0.1, -0.05) is 85.6 Å². The van der Waals surface area contributed by atoms with Crippen LogP contribution < -0.4 is 20.4 Å². The highest BCUT2D eigenvalue weighted by Crippen LogP contribution is 2.38. The van der Waals surface area contributed by atoms with Crippen LogP contribution in [-0.2, 0) is 19.1 Å². The molecule has 2 N–H and O–H groups in total. The normalized spacial score (nSPS) is 19.3. The third-order valence-corrected chi connectivity index (χ3v) is 10.4. The lowest BCUT2D eigenvalue weighted by Gasteiger charge is -2.32. The first-order valence-corrected chi connectivity index (χ1v) is 18.1. The molecule has 0 radical (unpaired) electrons. The van der Waals surface area contributed by atoms with Gasteiger partial charge in [0.05, 0.1) is 21.4 Å². The molecule has 4 aromatic carbocycles. The van der Waals surface area contributed by atoms with E-state index in [0.717, 1.165) is 0 Å². The number of ether oxygens (including phenoxy) is 2. The van der Waals surface area contributed by atoms with Crippen LogP contribution in [0, 0.1) is 22.5 Å². The summed E-state index contributed by atoms with van der Waals surface area (Å²) in [6, 6.07) is 21.7. The van der Waals surface area contributed by atoms with E-state index in [-0.39, 0.29) is 23.1 Å². The fourth-order valence-electron chi connectivity index (χ4n) is 6.85. The van der Waals surface area contributed by atoms with Crippen molar-refractivity contribution in [3.05, 3.63) is 107 Å². The van der Waals surface area contributed by atoms with Crippen LogP contribution in [0.5, 0.6) is 0 Å². The molecule has 0 unspecified atom stereocenters. The fourth-order valence-corrected chi connectivity index (χ4v) is 7.21. The van der Waals surface area contributed by atoms with E-state index in [2.05, 4.69) is 10.6 Å². The maximum Gasteiger partial charge on any atom is 0.426 e. The number of carbonyl (C=O) groups is 4. The molecule has 14 heteroatoms. The Labute approximate surface area is 321 Å². The number of amides is 2. The Morgan fingerprint density at radius 2 is 1.04 bits per heavy atom. The highest BCUT2D eigenvalue weighted by atomic mass is 35.5. The lowest BCUT2D eigenvalue weighted by molar-refractivity contribution is -0.159. The quantitative estimate of drug-likeness (QED) is 0.104. The molecule has 0 spiro atoms. The Morgan fingerprint density at radius 3 is 1.39 bits per heavy atom. The van der Waals surface area contributed by atoms with E-state index in [0.29, 0.717) is 72.6 Å². The summed E-state index contributed by atoms with van der Waals surface area (Å²) in [5.41, 5.74) is 1.71. The smallest absolute Gasteiger partial charge is 0.367 e. The Bertz CT molecular complexity index is 1940. The molecule has 0 bridgehead atoms. The first-order chi connectivity index (χ1) is 25.8. The molecule has 10 nitrogen and oxygen atoms in total. The molecule has 2 fully saturated rings. The number of hydrogen-bond donors (Lipinski definition) is 2. The van der Waals surface area contributed by atoms with E-state index in [1.807, 2.05) is 13.8 Å². The topological polar surface area (TPSA) is 117 Å². The number of benzene rings is 4. The number of nitrogens with zero attached hydrogens (tertiary/aromatic N) is 2. The summed E-state index contributed by atoms with van der Waals surface area (Å²) in [4.78, 5) is 56.8. The van der Waals surface area contributed by atoms with E-state index < -0.39 is 46.6 Å². The van der Waals surface area contributed by atoms with Crippen LogP contribution in [0.1, 0.15) is 26.7 Å². The van der Waals surface area contributed by atoms with Gasteiger partial charge in [-0.05, 0) is 84.3 Å². The molecule has 2 amide bonds. The predicted molar refractivity (Wildman–Crippen MR) is 203 cm³/mol. The third kappa shape index (κ3) is 8.73. The highest BCUT2D eigenvalue weighted by Gasteiger charge is 2.39. The van der Waals surface area contributed by atoms with Crippen molar-refractivity contribution in [2.45, 2.75) is 26.7 Å². The molecule has 0 saturated carbocycles. The van der Waals surface area contributed by atoms with Gasteiger partial charge in [0, 0.05) is 37.3 Å². The standard InChI is InChI=1S/C40H38Cl2F2N4O6/c1-39(15-17-45-21-39)23-47(33-9-5-3-7-27(33)25-11-13-31(43)29(41)19-25)37(51)53-35(49)36(50)54-38(52)48(24-40(2)16-18-46-22-40)34-10-6-4-8-28(34)26-12-14-32(44)30(42)20-26/h3-14,19-20,45-46H,15-18,21-24H2,1-2H3/t39-,40-/m1/s1. The van der Waals surface area contributed by atoms with Gasteiger partial charge in [0.15, 0.2) is 0 Å². The van der Waals surface area contributed by atoms with Crippen LogP contribution in [0.3, 0.4) is 0 Å². The zero-order valence-electron chi connectivity index (χ0n) is 29.6. The van der Waals surface area contributed by atoms with Crippen molar-refractivity contribution in [2.24, 2.45) is 10.8 Å². The average molecular weight is 780 g/mol. The van der Waals surface area contributed by atoms with E-state index >= 15 is 0 Å². The van der Waals surface area contributed by atoms with Gasteiger partial charge in [0.1, 0.15) is 11.6 Å². The molecule has 2 atom stereocenters. The summed E-state index contributed by atoms with van der Waals surface area (Å²) in [6.45, 7) is 6.60. The van der Waals surface area contributed by atoms with Crippen LogP contribution in [0.2, 0.25) is 10.0 Å². The van der Waals surface area contributed by atoms with Gasteiger partial charge in [-0.2, -0.15) is 0 Å². The van der Waals surface area contributed by atoms with E-state index in [9.17, 15) is 28.0 Å². The Morgan fingerprint density at radius 1 is 0.648 bits per heavy atom. The summed E-state index contributed by atoms with van der Waals surface area (Å²) in [5.74, 6) is -4.65. The number of rotatable bonds is 8. The molecule has 0 aliphatic carbocycles. The summed E-state index contributed by atoms with van der Waals surface area (Å²) in [7, 11) is 0. The number of halogens is 4. The van der Waals surface area contributed by atoms with Gasteiger partial charge in [-0.25, -0.2) is 28.0 Å².